The fraction of sp³-hybridized carbons (Fsp3) is 0.250. The summed E-state index contributed by atoms with van der Waals surface area (Å²) in [4.78, 5) is -0.124. The smallest absolute Gasteiger partial charge is 0.183 e. The summed E-state index contributed by atoms with van der Waals surface area (Å²) < 4.78 is 38.1. The van der Waals surface area contributed by atoms with Crippen LogP contribution in [0.15, 0.2) is 53.4 Å². The van der Waals surface area contributed by atoms with Crippen LogP contribution in [0.25, 0.3) is 0 Å². The van der Waals surface area contributed by atoms with Crippen LogP contribution in [-0.2, 0) is 9.84 Å². The largest absolute Gasteiger partial charge is 0.387 e. The first-order valence-corrected chi connectivity index (χ1v) is 8.11. The first kappa shape index (κ1) is 15.7. The molecule has 2 aromatic rings. The van der Waals surface area contributed by atoms with E-state index in [2.05, 4.69) is 0 Å². The Bertz CT molecular complexity index is 723. The van der Waals surface area contributed by atoms with E-state index in [1.54, 1.807) is 24.3 Å². The lowest BCUT2D eigenvalue weighted by atomic mass is 10.1. The molecule has 5 heteroatoms. The molecular formula is C16H17FO3S. The van der Waals surface area contributed by atoms with Crippen LogP contribution in [0, 0.1) is 12.7 Å². The zero-order valence-corrected chi connectivity index (χ0v) is 12.6. The number of hydrogen-bond donors (Lipinski definition) is 1. The molecule has 0 spiro atoms. The number of sulfone groups is 1. The van der Waals surface area contributed by atoms with Crippen molar-refractivity contribution in [3.05, 3.63) is 65.5 Å². The highest BCUT2D eigenvalue weighted by atomic mass is 32.2. The van der Waals surface area contributed by atoms with Crippen molar-refractivity contribution in [1.82, 2.24) is 0 Å². The van der Waals surface area contributed by atoms with E-state index in [0.29, 0.717) is 5.56 Å². The predicted octanol–water partition coefficient (Wildman–Crippen LogP) is 3.03. The summed E-state index contributed by atoms with van der Waals surface area (Å²) in [6, 6.07) is 11.8. The van der Waals surface area contributed by atoms with Gasteiger partial charge >= 0.3 is 0 Å². The average molecular weight is 308 g/mol. The first-order valence-electron chi connectivity index (χ1n) is 6.56. The zero-order chi connectivity index (χ0) is 15.6. The van der Waals surface area contributed by atoms with Crippen molar-refractivity contribution >= 4 is 9.84 Å². The third kappa shape index (κ3) is 3.31. The lowest BCUT2D eigenvalue weighted by Gasteiger charge is -2.20. The summed E-state index contributed by atoms with van der Waals surface area (Å²) in [6.45, 7) is 3.33. The van der Waals surface area contributed by atoms with E-state index in [1.165, 1.54) is 25.1 Å². The minimum Gasteiger partial charge on any atom is -0.387 e. The monoisotopic (exact) mass is 308 g/mol. The molecule has 2 aromatic carbocycles. The van der Waals surface area contributed by atoms with Crippen molar-refractivity contribution in [2.24, 2.45) is 0 Å². The number of halogens is 1. The summed E-state index contributed by atoms with van der Waals surface area (Å²) in [5.74, 6) is -0.617. The van der Waals surface area contributed by atoms with Crippen LogP contribution < -0.4 is 0 Å². The van der Waals surface area contributed by atoms with Crippen LogP contribution in [0.4, 0.5) is 4.39 Å². The Labute approximate surface area is 124 Å². The van der Waals surface area contributed by atoms with E-state index >= 15 is 0 Å². The Morgan fingerprint density at radius 3 is 2.29 bits per heavy atom. The second kappa shape index (κ2) is 5.95. The van der Waals surface area contributed by atoms with Crippen LogP contribution in [-0.4, -0.2) is 18.8 Å². The first-order chi connectivity index (χ1) is 9.82. The molecule has 0 aliphatic rings. The van der Waals surface area contributed by atoms with Crippen LogP contribution >= 0.6 is 0 Å². The molecule has 0 aromatic heterocycles. The minimum absolute atomic E-state index is 0.124. The molecule has 0 aliphatic heterocycles. The number of aryl methyl sites for hydroxylation is 1. The van der Waals surface area contributed by atoms with Crippen molar-refractivity contribution in [2.75, 3.05) is 0 Å². The van der Waals surface area contributed by atoms with Gasteiger partial charge in [0.05, 0.1) is 16.2 Å². The van der Waals surface area contributed by atoms with E-state index in [0.717, 1.165) is 11.6 Å². The van der Waals surface area contributed by atoms with Gasteiger partial charge in [-0.1, -0.05) is 35.9 Å². The van der Waals surface area contributed by atoms with Crippen molar-refractivity contribution < 1.29 is 17.9 Å². The van der Waals surface area contributed by atoms with Gasteiger partial charge in [0.15, 0.2) is 9.84 Å². The van der Waals surface area contributed by atoms with E-state index < -0.39 is 27.0 Å². The van der Waals surface area contributed by atoms with Crippen molar-refractivity contribution in [3.63, 3.8) is 0 Å². The number of aliphatic hydroxyl groups excluding tert-OH is 1. The third-order valence-corrected chi connectivity index (χ3v) is 5.63. The molecule has 0 bridgehead atoms. The predicted molar refractivity (Wildman–Crippen MR) is 79.2 cm³/mol. The van der Waals surface area contributed by atoms with E-state index in [-0.39, 0.29) is 4.90 Å². The number of aliphatic hydroxyl groups is 1. The third-order valence-electron chi connectivity index (χ3n) is 3.48. The van der Waals surface area contributed by atoms with Crippen LogP contribution in [0.5, 0.6) is 0 Å². The van der Waals surface area contributed by atoms with Gasteiger partial charge in [0, 0.05) is 0 Å². The lowest BCUT2D eigenvalue weighted by molar-refractivity contribution is 0.176. The zero-order valence-electron chi connectivity index (χ0n) is 11.8. The molecule has 21 heavy (non-hydrogen) atoms. The maximum atomic E-state index is 13.2. The highest BCUT2D eigenvalue weighted by Crippen LogP contribution is 2.27. The summed E-state index contributed by atoms with van der Waals surface area (Å²) in [5.41, 5.74) is 1.54. The van der Waals surface area contributed by atoms with E-state index in [4.69, 9.17) is 0 Å². The van der Waals surface area contributed by atoms with Gasteiger partial charge in [0.2, 0.25) is 0 Å². The normalized spacial score (nSPS) is 14.7. The molecule has 2 unspecified atom stereocenters. The SMILES string of the molecule is Cc1ccc(C(O)C(C)S(=O)(=O)c2cccc(F)c2)cc1. The van der Waals surface area contributed by atoms with Crippen LogP contribution in [0.3, 0.4) is 0 Å². The topological polar surface area (TPSA) is 54.4 Å². The van der Waals surface area contributed by atoms with Gasteiger partial charge in [-0.2, -0.15) is 0 Å². The number of rotatable bonds is 4. The Balaban J connectivity index is 2.33. The fourth-order valence-corrected chi connectivity index (χ4v) is 3.53. The van der Waals surface area contributed by atoms with Crippen molar-refractivity contribution in [2.45, 2.75) is 30.1 Å². The quantitative estimate of drug-likeness (QED) is 0.944. The molecule has 0 fully saturated rings. The molecular weight excluding hydrogens is 291 g/mol. The lowest BCUT2D eigenvalue weighted by Crippen LogP contribution is -2.25. The Morgan fingerprint density at radius 1 is 1.10 bits per heavy atom. The Kier molecular flexibility index (Phi) is 4.44. The molecule has 2 atom stereocenters. The van der Waals surface area contributed by atoms with Crippen LogP contribution in [0.1, 0.15) is 24.2 Å². The molecule has 112 valence electrons. The van der Waals surface area contributed by atoms with Gasteiger partial charge in [0.1, 0.15) is 5.82 Å². The van der Waals surface area contributed by atoms with Crippen molar-refractivity contribution in [1.29, 1.82) is 0 Å². The molecule has 1 N–H and O–H groups in total. The van der Waals surface area contributed by atoms with Gasteiger partial charge < -0.3 is 5.11 Å². The Morgan fingerprint density at radius 2 is 1.71 bits per heavy atom. The standard InChI is InChI=1S/C16H17FO3S/c1-11-6-8-13(9-7-11)16(18)12(2)21(19,20)15-5-3-4-14(17)10-15/h3-10,12,16,18H,1-2H3. The molecule has 0 amide bonds. The summed E-state index contributed by atoms with van der Waals surface area (Å²) in [7, 11) is -3.81. The second-order valence-electron chi connectivity index (χ2n) is 5.06. The van der Waals surface area contributed by atoms with Gasteiger partial charge in [-0.15, -0.1) is 0 Å². The molecule has 3 nitrogen and oxygen atoms in total. The summed E-state index contributed by atoms with van der Waals surface area (Å²) in [5, 5.41) is 9.21. The van der Waals surface area contributed by atoms with Gasteiger partial charge in [-0.05, 0) is 37.6 Å². The molecule has 0 saturated heterocycles. The average Bonchev–Trinajstić information content (AvgIpc) is 2.46. The highest BCUT2D eigenvalue weighted by Gasteiger charge is 2.30. The summed E-state index contributed by atoms with van der Waals surface area (Å²) in [6.07, 6.45) is -1.17. The highest BCUT2D eigenvalue weighted by molar-refractivity contribution is 7.92. The van der Waals surface area contributed by atoms with Gasteiger partial charge in [-0.3, -0.25) is 0 Å². The van der Waals surface area contributed by atoms with E-state index in [1.807, 2.05) is 6.92 Å². The molecule has 2 rings (SSSR count). The van der Waals surface area contributed by atoms with Gasteiger partial charge in [-0.25, -0.2) is 12.8 Å². The van der Waals surface area contributed by atoms with Crippen molar-refractivity contribution in [3.8, 4) is 0 Å². The second-order valence-corrected chi connectivity index (χ2v) is 7.37. The minimum atomic E-state index is -3.81. The summed E-state index contributed by atoms with van der Waals surface area (Å²) >= 11 is 0. The molecule has 0 saturated carbocycles. The maximum Gasteiger partial charge on any atom is 0.183 e. The number of benzene rings is 2. The maximum absolute atomic E-state index is 13.2. The molecule has 0 aliphatic carbocycles. The van der Waals surface area contributed by atoms with E-state index in [9.17, 15) is 17.9 Å². The molecule has 0 radical (unpaired) electrons. The van der Waals surface area contributed by atoms with Gasteiger partial charge in [0.25, 0.3) is 0 Å². The fourth-order valence-electron chi connectivity index (χ4n) is 2.06. The number of hydrogen-bond acceptors (Lipinski definition) is 3. The Hall–Kier alpha value is -1.72. The van der Waals surface area contributed by atoms with Crippen LogP contribution in [0.2, 0.25) is 0 Å². The molecule has 0 heterocycles.